The maximum absolute atomic E-state index is 10.7. The number of ether oxygens (including phenoxy) is 8. The number of rotatable bonds is 32. The van der Waals surface area contributed by atoms with Gasteiger partial charge in [0.05, 0.1) is 13.2 Å². The molecule has 0 spiro atoms. The molecule has 8 aromatic rings. The van der Waals surface area contributed by atoms with E-state index in [-0.39, 0.29) is 215 Å². The van der Waals surface area contributed by atoms with Crippen molar-refractivity contribution in [2.75, 3.05) is 12.5 Å². The molecular weight excluding hydrogens is 2040 g/mol. The largest absolute Gasteiger partial charge is 0.714 e. The smallest absolute Gasteiger partial charge is 0.302 e. The number of benzene rings is 8. The molecule has 8 aromatic carbocycles. The molecule has 40 heteroatoms. The molecule has 8 rings (SSSR count). The average Bonchev–Trinajstić information content (AvgIpc) is 1.67. The van der Waals surface area contributed by atoms with Crippen molar-refractivity contribution in [3.05, 3.63) is 265 Å². The number of carbonyl (C=O) groups excluding carboxylic acids is 8. The Morgan fingerprint density at radius 1 is 0.384 bits per heavy atom. The van der Waals surface area contributed by atoms with E-state index in [1.165, 1.54) is 99.3 Å². The van der Waals surface area contributed by atoms with E-state index in [4.69, 9.17) is 52.7 Å². The number of esters is 4. The predicted octanol–water partition coefficient (Wildman–Crippen LogP) is 20.7. The van der Waals surface area contributed by atoms with Crippen molar-refractivity contribution < 1.29 is 233 Å². The van der Waals surface area contributed by atoms with Crippen LogP contribution in [0.3, 0.4) is 0 Å². The normalized spacial score (nSPS) is 9.89. The summed E-state index contributed by atoms with van der Waals surface area (Å²) in [5, 5.41) is 0. The first-order valence-corrected chi connectivity index (χ1v) is 44.8. The fourth-order valence-corrected chi connectivity index (χ4v) is 13.3. The molecule has 600 valence electrons. The number of thiol groups is 2. The fraction of sp³-hybridized carbons (Fsp3) is 0.167. The Labute approximate surface area is 833 Å². The van der Waals surface area contributed by atoms with Crippen LogP contribution < -0.4 is 0 Å². The van der Waals surface area contributed by atoms with E-state index in [9.17, 15) is 38.4 Å². The van der Waals surface area contributed by atoms with Gasteiger partial charge < -0.3 is 70.8 Å². The molecule has 16 nitrogen and oxygen atoms in total. The van der Waals surface area contributed by atoms with Crippen LogP contribution in [0.25, 0.3) is 0 Å². The van der Waals surface area contributed by atoms with Gasteiger partial charge in [-0.15, -0.1) is 23.1 Å². The van der Waals surface area contributed by atoms with Gasteiger partial charge in [-0.25, -0.2) is 0 Å². The van der Waals surface area contributed by atoms with Crippen LogP contribution in [0.2, 0.25) is 0 Å². The molecule has 0 aliphatic heterocycles. The quantitative estimate of drug-likeness (QED) is 0.00763. The zero-order chi connectivity index (χ0) is 82.8. The molecule has 0 saturated carbocycles. The minimum absolute atomic E-state index is 0. The fourth-order valence-electron chi connectivity index (χ4n) is 6.51. The minimum atomic E-state index is -1.01. The topological polar surface area (TPSA) is 210 Å². The van der Waals surface area contributed by atoms with Crippen molar-refractivity contribution in [1.82, 2.24) is 0 Å². The summed E-state index contributed by atoms with van der Waals surface area (Å²) in [5.41, 5.74) is 7.28. The van der Waals surface area contributed by atoms with E-state index in [1.54, 1.807) is 43.2 Å². The maximum Gasteiger partial charge on any atom is 0.302 e. The second-order valence-corrected chi connectivity index (χ2v) is 31.3. The van der Waals surface area contributed by atoms with E-state index < -0.39 is 36.8 Å². The first kappa shape index (κ1) is 110. The van der Waals surface area contributed by atoms with Gasteiger partial charge in [0.1, 0.15) is 41.9 Å². The summed E-state index contributed by atoms with van der Waals surface area (Å²) in [6.45, 7) is 10.1. The third-order valence-electron chi connectivity index (χ3n) is 11.2. The van der Waals surface area contributed by atoms with Crippen LogP contribution in [0, 0.1) is 26.4 Å². The number of carbonyl (C=O) groups is 6. The molecule has 0 N–H and O–H groups in total. The summed E-state index contributed by atoms with van der Waals surface area (Å²) >= 11 is 11.5. The van der Waals surface area contributed by atoms with E-state index in [2.05, 4.69) is 45.3 Å². The SMILES string of the molecule is [2H]C(=O)OCc1ccc(SS[CH2-])cc1.[2H]C(=O)OCc1ccc(S[S-])cc1.[2H]CC(=O)OCc1ccc(SS[CH2-])cc1.[2H]CC(=O)OCc1ccc(S[S-])cc1.[2H]CSSc1ccc(COC([CH2-])=O)cc1.[2H]CSSc1ccc(CO[C-]=O)cc1.[2H]SSc1ccc(COC([CH2-])=O)cc1.[2H]SSc1ccc(CO[C-]=O)cc1.[V].[V].[V].[V].[V].[V].[V].[V]. The number of hydrogen-bond donors (Lipinski definition) is 2. The first-order chi connectivity index (χ1) is 54.1. The predicted molar refractivity (Wildman–Crippen MR) is 448 cm³/mol. The van der Waals surface area contributed by atoms with Gasteiger partial charge in [0.15, 0.2) is 14.7 Å². The van der Waals surface area contributed by atoms with Gasteiger partial charge in [-0.3, -0.25) is 98.3 Å². The summed E-state index contributed by atoms with van der Waals surface area (Å²) in [7, 11) is 17.3. The van der Waals surface area contributed by atoms with Gasteiger partial charge in [0, 0.05) is 197 Å². The van der Waals surface area contributed by atoms with E-state index in [1.807, 2.05) is 194 Å². The summed E-state index contributed by atoms with van der Waals surface area (Å²) in [4.78, 5) is 90.7. The Morgan fingerprint density at radius 2 is 0.616 bits per heavy atom. The zero-order valence-electron chi connectivity index (χ0n) is 66.4. The van der Waals surface area contributed by atoms with E-state index in [0.717, 1.165) is 107 Å². The molecular formula is C72H72O16S16V8-8. The zero-order valence-corrected chi connectivity index (χ0v) is 82.7. The maximum atomic E-state index is 10.7. The molecule has 0 fully saturated rings. The average molecular weight is 2120 g/mol. The molecule has 0 unspecified atom stereocenters. The Bertz CT molecular complexity index is 3830. The van der Waals surface area contributed by atoms with Gasteiger partial charge in [-0.05, 0) is 140 Å². The summed E-state index contributed by atoms with van der Waals surface area (Å²) in [6, 6.07) is 60.4. The van der Waals surface area contributed by atoms with Crippen molar-refractivity contribution in [3.8, 4) is 0 Å². The van der Waals surface area contributed by atoms with Crippen molar-refractivity contribution in [2.45, 2.75) is 106 Å². The molecule has 0 atom stereocenters. The standard InChI is InChI=1S/2C10H11O2S2.2C9H9O2S2.C9H10O2S2.C9H9O2S2.C8H8O2S2.C8H7O2S2.8V/c2*1-8(11)12-7-9-3-5-10(6-4-9)14-13-2;2*1-12-13-9-4-2-8(3-5-9)6-11-7-10;2*1-7(10)11-6-8-2-4-9(13-12)5-3-8;2*9-6-10-5-7-1-3-8(12-11)4-2-7;;;;;;;;/h3-6H,2,7H2,1H3;3-6H,1,7H2,2H3;2-5H,6H2,1H3;2-5,7H,1,6H2;2-5,12H,6H2,1H3;2-5,12H,1,6H2;1-4,6,11H,5H2;1-4,11H,5H2;;;;;;;;/q4*-1;;-1;;-1;;;;;;;;/p-2/i1D;2D;1D;7D;1D;;6D;;;;;;;;;/hD2. The molecule has 0 bridgehead atoms. The Morgan fingerprint density at radius 3 is 0.830 bits per heavy atom. The number of hydrogen-bond acceptors (Lipinski definition) is 32. The molecule has 0 aromatic heterocycles. The van der Waals surface area contributed by atoms with E-state index in [0.29, 0.717) is 12.5 Å². The molecule has 0 aliphatic rings. The van der Waals surface area contributed by atoms with E-state index >= 15 is 0 Å². The minimum Gasteiger partial charge on any atom is -0.714 e. The van der Waals surface area contributed by atoms with Gasteiger partial charge >= 0.3 is 11.9 Å². The van der Waals surface area contributed by atoms with Gasteiger partial charge in [0.25, 0.3) is 12.9 Å². The van der Waals surface area contributed by atoms with Crippen LogP contribution in [-0.2, 0) is 301 Å². The summed E-state index contributed by atoms with van der Waals surface area (Å²) < 4.78 is 91.5. The molecule has 0 aliphatic carbocycles. The Balaban J connectivity index is -0.000000197. The van der Waals surface area contributed by atoms with Crippen LogP contribution in [-0.4, -0.2) is 64.4 Å². The molecule has 112 heavy (non-hydrogen) atoms. The molecule has 0 heterocycles. The van der Waals surface area contributed by atoms with Gasteiger partial charge in [-0.2, -0.15) is 0 Å². The van der Waals surface area contributed by atoms with Crippen molar-refractivity contribution in [1.29, 1.82) is 2.25 Å². The second kappa shape index (κ2) is 86.9. The van der Waals surface area contributed by atoms with Crippen molar-refractivity contribution >= 4 is 226 Å². The van der Waals surface area contributed by atoms with Crippen LogP contribution in [0.5, 0.6) is 0 Å². The van der Waals surface area contributed by atoms with Crippen LogP contribution in [0.15, 0.2) is 233 Å². The van der Waals surface area contributed by atoms with Gasteiger partial charge in [-0.1, -0.05) is 221 Å². The summed E-state index contributed by atoms with van der Waals surface area (Å²) in [6.07, 6.45) is 5.98. The monoisotopic (exact) mass is 2120 g/mol. The molecule has 0 saturated heterocycles. The van der Waals surface area contributed by atoms with Gasteiger partial charge in [0.2, 0.25) is 0 Å². The molecule has 8 radical (unpaired) electrons. The van der Waals surface area contributed by atoms with Crippen molar-refractivity contribution in [3.63, 3.8) is 0 Å². The first-order valence-electron chi connectivity index (χ1n) is 33.2. The second-order valence-electron chi connectivity index (χ2n) is 18.4. The molecule has 0 amide bonds. The Hall–Kier alpha value is -0.465. The van der Waals surface area contributed by atoms with Crippen LogP contribution >= 0.6 is 153 Å². The van der Waals surface area contributed by atoms with Crippen molar-refractivity contribution in [2.24, 2.45) is 0 Å². The van der Waals surface area contributed by atoms with Crippen LogP contribution in [0.4, 0.5) is 0 Å². The van der Waals surface area contributed by atoms with Crippen LogP contribution in [0.1, 0.15) is 66.5 Å². The summed E-state index contributed by atoms with van der Waals surface area (Å²) in [5.74, 6) is -2.04. The Kier molecular flexibility index (Phi) is 85.0. The third-order valence-corrected chi connectivity index (χ3v) is 21.4. The third kappa shape index (κ3) is 70.2.